The van der Waals surface area contributed by atoms with Crippen molar-refractivity contribution in [2.45, 2.75) is 0 Å². The molecule has 0 saturated heterocycles. The van der Waals surface area contributed by atoms with E-state index in [0.717, 1.165) is 16.2 Å². The fourth-order valence-electron chi connectivity index (χ4n) is 4.00. The molecule has 1 aliphatic rings. The Morgan fingerprint density at radius 2 is 0.871 bits per heavy atom. The van der Waals surface area contributed by atoms with Crippen LogP contribution in [0.1, 0.15) is 31.8 Å². The summed E-state index contributed by atoms with van der Waals surface area (Å²) in [6.45, 7) is 0. The van der Waals surface area contributed by atoms with Gasteiger partial charge in [-0.1, -0.05) is 84.9 Å². The first-order valence-electron chi connectivity index (χ1n) is 10.0. The van der Waals surface area contributed by atoms with E-state index in [1.807, 2.05) is 30.3 Å². The number of benzene rings is 5. The molecule has 148 valence electrons. The summed E-state index contributed by atoms with van der Waals surface area (Å²) in [6.07, 6.45) is 0. The van der Waals surface area contributed by atoms with Crippen molar-refractivity contribution in [3.63, 3.8) is 0 Å². The molecular formula is C28H18O3. The van der Waals surface area contributed by atoms with E-state index in [1.54, 1.807) is 54.6 Å². The summed E-state index contributed by atoms with van der Waals surface area (Å²) in [5, 5.41) is 14.1. The first-order chi connectivity index (χ1) is 15.1. The molecule has 0 atom stereocenters. The van der Waals surface area contributed by atoms with Gasteiger partial charge in [0.1, 0.15) is 5.75 Å². The Balaban J connectivity index is 0.000000132. The lowest BCUT2D eigenvalue weighted by molar-refractivity contribution is 0.0979. The summed E-state index contributed by atoms with van der Waals surface area (Å²) < 4.78 is 0. The van der Waals surface area contributed by atoms with Crippen molar-refractivity contribution in [2.24, 2.45) is 0 Å². The summed E-state index contributed by atoms with van der Waals surface area (Å²) in [5.74, 6) is 0.217. The highest BCUT2D eigenvalue weighted by molar-refractivity contribution is 6.28. The molecule has 0 fully saturated rings. The molecule has 0 bridgehead atoms. The van der Waals surface area contributed by atoms with Gasteiger partial charge in [0.25, 0.3) is 0 Å². The highest BCUT2D eigenvalue weighted by atomic mass is 16.3. The van der Waals surface area contributed by atoms with Crippen LogP contribution >= 0.6 is 0 Å². The van der Waals surface area contributed by atoms with Crippen LogP contribution in [0.25, 0.3) is 21.5 Å². The maximum absolute atomic E-state index is 12.1. The lowest BCUT2D eigenvalue weighted by Gasteiger charge is -2.16. The number of phenols is 1. The van der Waals surface area contributed by atoms with E-state index in [1.165, 1.54) is 5.39 Å². The van der Waals surface area contributed by atoms with Gasteiger partial charge in [-0.05, 0) is 34.4 Å². The number of carbonyl (C=O) groups is 2. The molecule has 5 aromatic carbocycles. The summed E-state index contributed by atoms with van der Waals surface area (Å²) in [7, 11) is 0. The fraction of sp³-hybridized carbons (Fsp3) is 0. The van der Waals surface area contributed by atoms with Crippen LogP contribution in [0.4, 0.5) is 0 Å². The van der Waals surface area contributed by atoms with E-state index in [2.05, 4.69) is 18.2 Å². The van der Waals surface area contributed by atoms with Gasteiger partial charge in [0.05, 0.1) is 0 Å². The predicted molar refractivity (Wildman–Crippen MR) is 123 cm³/mol. The number of hydrogen-bond donors (Lipinski definition) is 1. The molecule has 6 rings (SSSR count). The zero-order valence-corrected chi connectivity index (χ0v) is 16.6. The van der Waals surface area contributed by atoms with E-state index < -0.39 is 0 Å². The second kappa shape index (κ2) is 7.54. The normalized spacial score (nSPS) is 12.1. The third-order valence-corrected chi connectivity index (χ3v) is 5.56. The van der Waals surface area contributed by atoms with Crippen LogP contribution in [-0.2, 0) is 0 Å². The fourth-order valence-corrected chi connectivity index (χ4v) is 4.00. The van der Waals surface area contributed by atoms with Gasteiger partial charge in [-0.2, -0.15) is 0 Å². The topological polar surface area (TPSA) is 54.4 Å². The van der Waals surface area contributed by atoms with Crippen molar-refractivity contribution in [3.05, 3.63) is 125 Å². The Morgan fingerprint density at radius 1 is 0.452 bits per heavy atom. The molecule has 0 heterocycles. The van der Waals surface area contributed by atoms with Crippen molar-refractivity contribution in [1.29, 1.82) is 0 Å². The monoisotopic (exact) mass is 402 g/mol. The second-order valence-electron chi connectivity index (χ2n) is 7.45. The van der Waals surface area contributed by atoms with Crippen LogP contribution in [-0.4, -0.2) is 16.7 Å². The average molecular weight is 402 g/mol. The smallest absolute Gasteiger partial charge is 0.194 e. The predicted octanol–water partition coefficient (Wildman–Crippen LogP) is 6.16. The van der Waals surface area contributed by atoms with Crippen molar-refractivity contribution < 1.29 is 14.7 Å². The minimum Gasteiger partial charge on any atom is -0.507 e. The Hall–Kier alpha value is -4.24. The van der Waals surface area contributed by atoms with Gasteiger partial charge in [-0.25, -0.2) is 0 Å². The van der Waals surface area contributed by atoms with Gasteiger partial charge in [0.15, 0.2) is 11.6 Å². The molecule has 0 amide bonds. The molecule has 3 nitrogen and oxygen atoms in total. The van der Waals surface area contributed by atoms with Crippen LogP contribution in [0, 0.1) is 0 Å². The standard InChI is InChI=1S/C14H8O2.C14H10O/c15-13-9-5-1-2-6-10(9)14(16)12-8-4-3-7-11(12)13;15-14-7-3-6-12-8-10-4-1-2-5-11(10)9-13(12)14/h1-8H;1-9,15H. The number of ketones is 2. The molecule has 0 spiro atoms. The van der Waals surface area contributed by atoms with E-state index in [9.17, 15) is 14.7 Å². The van der Waals surface area contributed by atoms with Gasteiger partial charge >= 0.3 is 0 Å². The Bertz CT molecular complexity index is 1380. The molecule has 0 aliphatic heterocycles. The molecule has 3 heteroatoms. The number of fused-ring (bicyclic) bond motifs is 4. The molecule has 0 unspecified atom stereocenters. The van der Waals surface area contributed by atoms with Crippen LogP contribution in [0.15, 0.2) is 103 Å². The molecule has 1 N–H and O–H groups in total. The van der Waals surface area contributed by atoms with Gasteiger partial charge in [-0.15, -0.1) is 0 Å². The quantitative estimate of drug-likeness (QED) is 0.310. The lowest BCUT2D eigenvalue weighted by atomic mass is 9.84. The minimum absolute atomic E-state index is 0.0641. The number of hydrogen-bond acceptors (Lipinski definition) is 3. The summed E-state index contributed by atoms with van der Waals surface area (Å²) in [4.78, 5) is 24.2. The van der Waals surface area contributed by atoms with Gasteiger partial charge < -0.3 is 5.11 Å². The molecule has 1 aliphatic carbocycles. The van der Waals surface area contributed by atoms with Crippen LogP contribution in [0.5, 0.6) is 5.75 Å². The number of aromatic hydroxyl groups is 1. The molecular weight excluding hydrogens is 384 g/mol. The Kier molecular flexibility index (Phi) is 4.57. The number of rotatable bonds is 0. The Morgan fingerprint density at radius 3 is 1.39 bits per heavy atom. The third kappa shape index (κ3) is 3.26. The summed E-state index contributed by atoms with van der Waals surface area (Å²) >= 11 is 0. The third-order valence-electron chi connectivity index (χ3n) is 5.56. The van der Waals surface area contributed by atoms with E-state index in [-0.39, 0.29) is 11.6 Å². The van der Waals surface area contributed by atoms with E-state index >= 15 is 0 Å². The van der Waals surface area contributed by atoms with Gasteiger partial charge in [0, 0.05) is 27.6 Å². The maximum atomic E-state index is 12.1. The van der Waals surface area contributed by atoms with Gasteiger partial charge in [-0.3, -0.25) is 9.59 Å². The average Bonchev–Trinajstić information content (AvgIpc) is 2.82. The lowest BCUT2D eigenvalue weighted by Crippen LogP contribution is -2.20. The van der Waals surface area contributed by atoms with Crippen LogP contribution in [0.3, 0.4) is 0 Å². The SMILES string of the molecule is O=C1c2ccccc2C(=O)c2ccccc21.Oc1cccc2cc3ccccc3cc12. The first-order valence-corrected chi connectivity index (χ1v) is 10.0. The minimum atomic E-state index is -0.0641. The molecule has 0 saturated carbocycles. The zero-order chi connectivity index (χ0) is 21.4. The first kappa shape index (κ1) is 18.8. The molecule has 31 heavy (non-hydrogen) atoms. The molecule has 5 aromatic rings. The molecule has 0 radical (unpaired) electrons. The number of carbonyl (C=O) groups excluding carboxylic acids is 2. The summed E-state index contributed by atoms with van der Waals surface area (Å²) in [5.41, 5.74) is 2.02. The van der Waals surface area contributed by atoms with Crippen molar-refractivity contribution in [2.75, 3.05) is 0 Å². The maximum Gasteiger partial charge on any atom is 0.194 e. The Labute approximate surface area is 179 Å². The summed E-state index contributed by atoms with van der Waals surface area (Å²) in [6, 6.07) is 31.8. The van der Waals surface area contributed by atoms with Crippen molar-refractivity contribution in [3.8, 4) is 5.75 Å². The second-order valence-corrected chi connectivity index (χ2v) is 7.45. The highest BCUT2D eigenvalue weighted by Crippen LogP contribution is 2.29. The van der Waals surface area contributed by atoms with E-state index in [4.69, 9.17) is 0 Å². The number of phenolic OH excluding ortho intramolecular Hbond substituents is 1. The largest absolute Gasteiger partial charge is 0.507 e. The van der Waals surface area contributed by atoms with Gasteiger partial charge in [0.2, 0.25) is 0 Å². The van der Waals surface area contributed by atoms with Crippen molar-refractivity contribution >= 4 is 33.1 Å². The van der Waals surface area contributed by atoms with E-state index in [0.29, 0.717) is 28.0 Å². The zero-order valence-electron chi connectivity index (χ0n) is 16.6. The van der Waals surface area contributed by atoms with Crippen LogP contribution < -0.4 is 0 Å². The highest BCUT2D eigenvalue weighted by Gasteiger charge is 2.28. The van der Waals surface area contributed by atoms with Crippen molar-refractivity contribution in [1.82, 2.24) is 0 Å². The molecule has 0 aromatic heterocycles. The van der Waals surface area contributed by atoms with Crippen LogP contribution in [0.2, 0.25) is 0 Å².